The Balaban J connectivity index is 2.11. The first kappa shape index (κ1) is 16.1. The lowest BCUT2D eigenvalue weighted by Gasteiger charge is -2.15. The van der Waals surface area contributed by atoms with Crippen molar-refractivity contribution in [1.29, 1.82) is 0 Å². The van der Waals surface area contributed by atoms with Crippen LogP contribution in [0.1, 0.15) is 16.1 Å². The molecule has 0 spiro atoms. The summed E-state index contributed by atoms with van der Waals surface area (Å²) in [6.07, 6.45) is 2.26. The molecule has 0 radical (unpaired) electrons. The minimum atomic E-state index is -3.51. The minimum absolute atomic E-state index is 0.135. The lowest BCUT2D eigenvalue weighted by atomic mass is 10.3. The number of rotatable bonds is 6. The number of aliphatic hydroxyl groups excluding tert-OH is 1. The van der Waals surface area contributed by atoms with Gasteiger partial charge < -0.3 is 5.11 Å². The molecule has 0 unspecified atom stereocenters. The van der Waals surface area contributed by atoms with Crippen LogP contribution >= 0.6 is 11.3 Å². The highest BCUT2D eigenvalue weighted by molar-refractivity contribution is 7.91. The monoisotopic (exact) mass is 326 g/mol. The van der Waals surface area contributed by atoms with Crippen LogP contribution in [0.4, 0.5) is 0 Å². The van der Waals surface area contributed by atoms with Gasteiger partial charge in [-0.2, -0.15) is 4.31 Å². The van der Waals surface area contributed by atoms with E-state index in [-0.39, 0.29) is 10.8 Å². The molecular weight excluding hydrogens is 308 g/mol. The van der Waals surface area contributed by atoms with E-state index in [1.54, 1.807) is 26.2 Å². The van der Waals surface area contributed by atoms with Crippen LogP contribution in [-0.2, 0) is 23.1 Å². The van der Waals surface area contributed by atoms with Crippen LogP contribution in [0.5, 0.6) is 0 Å². The Morgan fingerprint density at radius 3 is 2.71 bits per heavy atom. The standard InChI is InChI=1S/C14H18N2O3S2/c1-11-9-14(20-13(11)10-17)21(18,19)16(2)8-6-12-5-3-4-7-15-12/h3-5,7,9,17H,6,8,10H2,1-2H3. The van der Waals surface area contributed by atoms with Crippen molar-refractivity contribution in [1.82, 2.24) is 9.29 Å². The molecule has 2 rings (SSSR count). The van der Waals surface area contributed by atoms with Gasteiger partial charge in [0.2, 0.25) is 0 Å². The average molecular weight is 326 g/mol. The Morgan fingerprint density at radius 1 is 1.38 bits per heavy atom. The summed E-state index contributed by atoms with van der Waals surface area (Å²) in [5.41, 5.74) is 1.66. The van der Waals surface area contributed by atoms with Gasteiger partial charge >= 0.3 is 0 Å². The van der Waals surface area contributed by atoms with Crippen LogP contribution in [0, 0.1) is 6.92 Å². The summed E-state index contributed by atoms with van der Waals surface area (Å²) in [5.74, 6) is 0. The Bertz CT molecular complexity index is 696. The molecule has 2 aromatic heterocycles. The van der Waals surface area contributed by atoms with Crippen LogP contribution in [0.2, 0.25) is 0 Å². The molecule has 0 bridgehead atoms. The lowest BCUT2D eigenvalue weighted by molar-refractivity contribution is 0.285. The maximum atomic E-state index is 12.5. The van der Waals surface area contributed by atoms with E-state index in [4.69, 9.17) is 0 Å². The lowest BCUT2D eigenvalue weighted by Crippen LogP contribution is -2.28. The number of aliphatic hydroxyl groups is 1. The van der Waals surface area contributed by atoms with E-state index in [0.717, 1.165) is 22.6 Å². The first-order valence-corrected chi connectivity index (χ1v) is 8.77. The molecule has 5 nitrogen and oxygen atoms in total. The summed E-state index contributed by atoms with van der Waals surface area (Å²) < 4.78 is 26.5. The Labute approximate surface area is 128 Å². The molecule has 114 valence electrons. The van der Waals surface area contributed by atoms with Crippen molar-refractivity contribution >= 4 is 21.4 Å². The summed E-state index contributed by atoms with van der Waals surface area (Å²) in [6, 6.07) is 7.20. The number of hydrogen-bond donors (Lipinski definition) is 1. The second kappa shape index (κ2) is 6.65. The van der Waals surface area contributed by atoms with Crippen LogP contribution in [0.15, 0.2) is 34.7 Å². The quantitative estimate of drug-likeness (QED) is 0.879. The topological polar surface area (TPSA) is 70.5 Å². The molecule has 2 aromatic rings. The van der Waals surface area contributed by atoms with E-state index in [1.165, 1.54) is 4.31 Å². The highest BCUT2D eigenvalue weighted by atomic mass is 32.2. The van der Waals surface area contributed by atoms with Gasteiger partial charge in [0.1, 0.15) is 4.21 Å². The fourth-order valence-corrected chi connectivity index (χ4v) is 4.70. The number of likely N-dealkylation sites (N-methyl/N-ethyl adjacent to an activating group) is 1. The van der Waals surface area contributed by atoms with Crippen LogP contribution in [0.3, 0.4) is 0 Å². The summed E-state index contributed by atoms with van der Waals surface area (Å²) >= 11 is 1.12. The second-order valence-corrected chi connectivity index (χ2v) is 8.14. The zero-order valence-electron chi connectivity index (χ0n) is 12.0. The van der Waals surface area contributed by atoms with E-state index in [9.17, 15) is 13.5 Å². The fraction of sp³-hybridized carbons (Fsp3) is 0.357. The fourth-order valence-electron chi connectivity index (χ4n) is 1.86. The number of nitrogens with zero attached hydrogens (tertiary/aromatic N) is 2. The van der Waals surface area contributed by atoms with Gasteiger partial charge in [-0.05, 0) is 30.7 Å². The van der Waals surface area contributed by atoms with Crippen LogP contribution in [-0.4, -0.2) is 36.4 Å². The average Bonchev–Trinajstić information content (AvgIpc) is 2.87. The molecule has 0 aliphatic rings. The molecule has 0 amide bonds. The molecule has 0 aliphatic heterocycles. The summed E-state index contributed by atoms with van der Waals surface area (Å²) in [7, 11) is -1.95. The highest BCUT2D eigenvalue weighted by Gasteiger charge is 2.23. The van der Waals surface area contributed by atoms with Gasteiger partial charge in [0.25, 0.3) is 10.0 Å². The van der Waals surface area contributed by atoms with Crippen LogP contribution < -0.4 is 0 Å². The molecule has 7 heteroatoms. The molecule has 0 fully saturated rings. The normalized spacial score (nSPS) is 12.0. The number of pyridine rings is 1. The second-order valence-electron chi connectivity index (χ2n) is 4.73. The van der Waals surface area contributed by atoms with Crippen molar-refractivity contribution in [3.8, 4) is 0 Å². The third-order valence-corrected chi connectivity index (χ3v) is 6.74. The van der Waals surface area contributed by atoms with Gasteiger partial charge in [-0.25, -0.2) is 8.42 Å². The first-order chi connectivity index (χ1) is 9.95. The molecular formula is C14H18N2O3S2. The van der Waals surface area contributed by atoms with E-state index in [1.807, 2.05) is 18.2 Å². The molecule has 21 heavy (non-hydrogen) atoms. The molecule has 2 heterocycles. The summed E-state index contributed by atoms with van der Waals surface area (Å²) in [4.78, 5) is 4.87. The Kier molecular flexibility index (Phi) is 5.10. The Hall–Kier alpha value is -1.28. The molecule has 0 atom stereocenters. The van der Waals surface area contributed by atoms with Gasteiger partial charge in [0.05, 0.1) is 6.61 Å². The first-order valence-electron chi connectivity index (χ1n) is 6.51. The van der Waals surface area contributed by atoms with E-state index < -0.39 is 10.0 Å². The van der Waals surface area contributed by atoms with Crippen molar-refractivity contribution in [2.45, 2.75) is 24.2 Å². The van der Waals surface area contributed by atoms with Crippen LogP contribution in [0.25, 0.3) is 0 Å². The molecule has 0 saturated carbocycles. The predicted octanol–water partition coefficient (Wildman–Crippen LogP) is 1.81. The number of aromatic nitrogens is 1. The Morgan fingerprint density at radius 2 is 2.14 bits per heavy atom. The molecule has 0 aliphatic carbocycles. The van der Waals surface area contributed by atoms with Crippen molar-refractivity contribution in [3.05, 3.63) is 46.6 Å². The maximum absolute atomic E-state index is 12.5. The third-order valence-electron chi connectivity index (χ3n) is 3.22. The van der Waals surface area contributed by atoms with Gasteiger partial charge in [-0.1, -0.05) is 6.07 Å². The largest absolute Gasteiger partial charge is 0.391 e. The number of hydrogen-bond acceptors (Lipinski definition) is 5. The smallest absolute Gasteiger partial charge is 0.252 e. The maximum Gasteiger partial charge on any atom is 0.252 e. The minimum Gasteiger partial charge on any atom is -0.391 e. The van der Waals surface area contributed by atoms with Crippen molar-refractivity contribution in [2.75, 3.05) is 13.6 Å². The number of sulfonamides is 1. The zero-order valence-corrected chi connectivity index (χ0v) is 13.6. The van der Waals surface area contributed by atoms with Gasteiger partial charge in [-0.15, -0.1) is 11.3 Å². The molecule has 1 N–H and O–H groups in total. The van der Waals surface area contributed by atoms with E-state index >= 15 is 0 Å². The van der Waals surface area contributed by atoms with E-state index in [0.29, 0.717) is 17.8 Å². The van der Waals surface area contributed by atoms with Crippen molar-refractivity contribution in [3.63, 3.8) is 0 Å². The number of aryl methyl sites for hydroxylation is 1. The summed E-state index contributed by atoms with van der Waals surface area (Å²) in [5, 5.41) is 9.18. The van der Waals surface area contributed by atoms with E-state index in [2.05, 4.69) is 4.98 Å². The third kappa shape index (κ3) is 3.68. The summed E-state index contributed by atoms with van der Waals surface area (Å²) in [6.45, 7) is 2.03. The van der Waals surface area contributed by atoms with Gasteiger partial charge in [0.15, 0.2) is 0 Å². The van der Waals surface area contributed by atoms with Crippen molar-refractivity contribution in [2.24, 2.45) is 0 Å². The number of thiophene rings is 1. The van der Waals surface area contributed by atoms with Crippen molar-refractivity contribution < 1.29 is 13.5 Å². The predicted molar refractivity (Wildman–Crippen MR) is 82.7 cm³/mol. The molecule has 0 saturated heterocycles. The highest BCUT2D eigenvalue weighted by Crippen LogP contribution is 2.28. The van der Waals surface area contributed by atoms with Gasteiger partial charge in [-0.3, -0.25) is 4.98 Å². The van der Waals surface area contributed by atoms with Gasteiger partial charge in [0, 0.05) is 36.8 Å². The molecule has 0 aromatic carbocycles. The zero-order chi connectivity index (χ0) is 15.5. The SMILES string of the molecule is Cc1cc(S(=O)(=O)N(C)CCc2ccccn2)sc1CO.